The summed E-state index contributed by atoms with van der Waals surface area (Å²) in [4.78, 5) is 16.2. The molecular formula is C20H17N5O2S. The van der Waals surface area contributed by atoms with Gasteiger partial charge in [0.15, 0.2) is 5.82 Å². The zero-order valence-electron chi connectivity index (χ0n) is 15.1. The summed E-state index contributed by atoms with van der Waals surface area (Å²) in [7, 11) is 1.65. The first-order valence-electron chi connectivity index (χ1n) is 8.75. The summed E-state index contributed by atoms with van der Waals surface area (Å²) in [5.74, 6) is 0.755. The Morgan fingerprint density at radius 2 is 2.00 bits per heavy atom. The molecule has 0 amide bonds. The molecule has 0 saturated carbocycles. The van der Waals surface area contributed by atoms with Crippen LogP contribution in [-0.4, -0.2) is 38.3 Å². The van der Waals surface area contributed by atoms with Crippen LogP contribution in [0.2, 0.25) is 0 Å². The number of rotatable bonds is 4. The molecule has 1 aliphatic rings. The number of imidazole rings is 1. The molecule has 1 aromatic carbocycles. The van der Waals surface area contributed by atoms with Crippen molar-refractivity contribution in [3.63, 3.8) is 0 Å². The molecule has 4 aromatic rings. The molecule has 1 unspecified atom stereocenters. The number of anilines is 2. The highest BCUT2D eigenvalue weighted by Crippen LogP contribution is 2.46. The van der Waals surface area contributed by atoms with Crippen LogP contribution in [0.3, 0.4) is 0 Å². The summed E-state index contributed by atoms with van der Waals surface area (Å²) in [6.45, 7) is 0.343. The van der Waals surface area contributed by atoms with Gasteiger partial charge in [-0.05, 0) is 29.8 Å². The predicted octanol–water partition coefficient (Wildman–Crippen LogP) is 3.41. The van der Waals surface area contributed by atoms with E-state index in [2.05, 4.69) is 15.0 Å². The largest absolute Gasteiger partial charge is 0.382 e. The summed E-state index contributed by atoms with van der Waals surface area (Å²) in [6.07, 6.45) is 6.15. The van der Waals surface area contributed by atoms with Gasteiger partial charge in [-0.3, -0.25) is 4.90 Å². The van der Waals surface area contributed by atoms with E-state index in [0.29, 0.717) is 6.73 Å². The van der Waals surface area contributed by atoms with Crippen LogP contribution in [0.4, 0.5) is 11.5 Å². The van der Waals surface area contributed by atoms with Crippen molar-refractivity contribution in [2.75, 3.05) is 18.7 Å². The summed E-state index contributed by atoms with van der Waals surface area (Å²) >= 11 is 1.56. The molecule has 5 rings (SSSR count). The molecular weight excluding hydrogens is 374 g/mol. The first-order valence-corrected chi connectivity index (χ1v) is 9.57. The lowest BCUT2D eigenvalue weighted by Gasteiger charge is -2.30. The van der Waals surface area contributed by atoms with Crippen molar-refractivity contribution in [3.05, 3.63) is 72.4 Å². The number of hydrogen-bond acceptors (Lipinski definition) is 7. The van der Waals surface area contributed by atoms with Crippen molar-refractivity contribution in [3.8, 4) is 0 Å². The highest BCUT2D eigenvalue weighted by molar-refractivity contribution is 7.99. The van der Waals surface area contributed by atoms with E-state index >= 15 is 0 Å². The Morgan fingerprint density at radius 3 is 2.89 bits per heavy atom. The summed E-state index contributed by atoms with van der Waals surface area (Å²) < 4.78 is 7.30. The van der Waals surface area contributed by atoms with E-state index in [1.807, 2.05) is 51.9 Å². The molecule has 1 N–H and O–H groups in total. The van der Waals surface area contributed by atoms with Gasteiger partial charge in [0, 0.05) is 36.8 Å². The number of nitrogens with zero attached hydrogens (tertiary/aromatic N) is 5. The molecule has 3 aromatic heterocycles. The first-order chi connectivity index (χ1) is 13.8. The molecule has 28 heavy (non-hydrogen) atoms. The summed E-state index contributed by atoms with van der Waals surface area (Å²) in [6, 6.07) is 11.7. The first kappa shape index (κ1) is 17.2. The number of aromatic nitrogens is 4. The molecule has 0 aliphatic carbocycles. The highest BCUT2D eigenvalue weighted by atomic mass is 32.2. The molecule has 0 spiro atoms. The van der Waals surface area contributed by atoms with Gasteiger partial charge in [-0.25, -0.2) is 15.0 Å². The number of aliphatic hydroxyl groups is 1. The van der Waals surface area contributed by atoms with E-state index in [-0.39, 0.29) is 0 Å². The molecule has 8 heteroatoms. The van der Waals surface area contributed by atoms with Gasteiger partial charge in [-0.15, -0.1) is 0 Å². The Labute approximate surface area is 165 Å². The Bertz CT molecular complexity index is 1160. The van der Waals surface area contributed by atoms with Crippen LogP contribution in [-0.2, 0) is 4.74 Å². The molecule has 0 fully saturated rings. The average molecular weight is 391 g/mol. The smallest absolute Gasteiger partial charge is 0.168 e. The van der Waals surface area contributed by atoms with Gasteiger partial charge in [0.25, 0.3) is 0 Å². The number of fused-ring (bicyclic) bond motifs is 3. The van der Waals surface area contributed by atoms with Gasteiger partial charge in [0.05, 0.1) is 11.4 Å². The second-order valence-corrected chi connectivity index (χ2v) is 7.40. The standard InChI is InChI=1S/C20H17N5O2S/c1-27-12-25-15-11-13(5-6-16(15)28-20-19(25)22-7-8-23-20)18(26)14-3-2-4-17-21-9-10-24(14)17/h2-11,18,26H,12H2,1H3. The topological polar surface area (TPSA) is 75.8 Å². The lowest BCUT2D eigenvalue weighted by atomic mass is 10.0. The van der Waals surface area contributed by atoms with Gasteiger partial charge in [-0.1, -0.05) is 23.9 Å². The van der Waals surface area contributed by atoms with Crippen LogP contribution in [0.15, 0.2) is 71.1 Å². The molecule has 7 nitrogen and oxygen atoms in total. The molecule has 1 atom stereocenters. The highest BCUT2D eigenvalue weighted by Gasteiger charge is 2.27. The van der Waals surface area contributed by atoms with E-state index in [0.717, 1.165) is 38.3 Å². The minimum Gasteiger partial charge on any atom is -0.382 e. The van der Waals surface area contributed by atoms with Crippen LogP contribution in [0.5, 0.6) is 0 Å². The SMILES string of the molecule is COCN1c2cc(C(O)c3cccc4nccn34)ccc2Sc2nccnc21. The maximum absolute atomic E-state index is 11.1. The Balaban J connectivity index is 1.59. The van der Waals surface area contributed by atoms with Crippen LogP contribution in [0.1, 0.15) is 17.4 Å². The third kappa shape index (κ3) is 2.73. The van der Waals surface area contributed by atoms with Crippen LogP contribution in [0, 0.1) is 0 Å². The van der Waals surface area contributed by atoms with Crippen LogP contribution < -0.4 is 4.90 Å². The van der Waals surface area contributed by atoms with E-state index in [1.165, 1.54) is 0 Å². The maximum Gasteiger partial charge on any atom is 0.168 e. The van der Waals surface area contributed by atoms with Crippen molar-refractivity contribution < 1.29 is 9.84 Å². The van der Waals surface area contributed by atoms with E-state index in [9.17, 15) is 5.11 Å². The molecule has 0 radical (unpaired) electrons. The van der Waals surface area contributed by atoms with Crippen LogP contribution in [0.25, 0.3) is 5.65 Å². The maximum atomic E-state index is 11.1. The van der Waals surface area contributed by atoms with E-state index in [1.54, 1.807) is 37.5 Å². The van der Waals surface area contributed by atoms with E-state index in [4.69, 9.17) is 4.74 Å². The zero-order chi connectivity index (χ0) is 19.1. The van der Waals surface area contributed by atoms with Crippen molar-refractivity contribution in [2.24, 2.45) is 0 Å². The quantitative estimate of drug-likeness (QED) is 0.571. The summed E-state index contributed by atoms with van der Waals surface area (Å²) in [5.41, 5.74) is 3.29. The normalized spacial score (nSPS) is 14.0. The Hall–Kier alpha value is -2.94. The van der Waals surface area contributed by atoms with Crippen molar-refractivity contribution >= 4 is 28.9 Å². The minimum atomic E-state index is -0.791. The average Bonchev–Trinajstić information content (AvgIpc) is 3.22. The number of hydrogen-bond donors (Lipinski definition) is 1. The second kappa shape index (κ2) is 6.90. The number of pyridine rings is 1. The fourth-order valence-corrected chi connectivity index (χ4v) is 4.40. The van der Waals surface area contributed by atoms with Crippen molar-refractivity contribution in [1.29, 1.82) is 0 Å². The van der Waals surface area contributed by atoms with Crippen molar-refractivity contribution in [1.82, 2.24) is 19.4 Å². The fourth-order valence-electron chi connectivity index (χ4n) is 3.42. The van der Waals surface area contributed by atoms with Gasteiger partial charge >= 0.3 is 0 Å². The third-order valence-corrected chi connectivity index (χ3v) is 5.74. The molecule has 0 saturated heterocycles. The Kier molecular flexibility index (Phi) is 4.23. The fraction of sp³-hybridized carbons (Fsp3) is 0.150. The lowest BCUT2D eigenvalue weighted by Crippen LogP contribution is -2.25. The molecule has 1 aliphatic heterocycles. The second-order valence-electron chi connectivity index (χ2n) is 6.37. The van der Waals surface area contributed by atoms with Crippen LogP contribution >= 0.6 is 11.8 Å². The molecule has 0 bridgehead atoms. The Morgan fingerprint density at radius 1 is 1.11 bits per heavy atom. The molecule has 140 valence electrons. The van der Waals surface area contributed by atoms with E-state index < -0.39 is 6.10 Å². The summed E-state index contributed by atoms with van der Waals surface area (Å²) in [5, 5.41) is 11.9. The van der Waals surface area contributed by atoms with Gasteiger partial charge in [0.1, 0.15) is 23.5 Å². The number of ether oxygens (including phenoxy) is 1. The third-order valence-electron chi connectivity index (χ3n) is 4.70. The number of aliphatic hydroxyl groups excluding tert-OH is 1. The number of methoxy groups -OCH3 is 1. The van der Waals surface area contributed by atoms with Gasteiger partial charge < -0.3 is 14.2 Å². The van der Waals surface area contributed by atoms with Gasteiger partial charge in [-0.2, -0.15) is 0 Å². The minimum absolute atomic E-state index is 0.343. The van der Waals surface area contributed by atoms with Crippen molar-refractivity contribution in [2.45, 2.75) is 16.0 Å². The number of benzene rings is 1. The predicted molar refractivity (Wildman–Crippen MR) is 106 cm³/mol. The zero-order valence-corrected chi connectivity index (χ0v) is 15.9. The lowest BCUT2D eigenvalue weighted by molar-refractivity contribution is 0.204. The monoisotopic (exact) mass is 391 g/mol. The van der Waals surface area contributed by atoms with Gasteiger partial charge in [0.2, 0.25) is 0 Å². The molecule has 4 heterocycles.